The van der Waals surface area contributed by atoms with Crippen molar-refractivity contribution in [2.75, 3.05) is 12.8 Å². The first-order valence-electron chi connectivity index (χ1n) is 6.50. The van der Waals surface area contributed by atoms with Crippen molar-refractivity contribution in [3.8, 4) is 0 Å². The van der Waals surface area contributed by atoms with Crippen LogP contribution in [0.25, 0.3) is 0 Å². The Bertz CT molecular complexity index is 348. The van der Waals surface area contributed by atoms with E-state index in [1.807, 2.05) is 11.8 Å². The van der Waals surface area contributed by atoms with Gasteiger partial charge in [0.2, 0.25) is 0 Å². The Labute approximate surface area is 109 Å². The van der Waals surface area contributed by atoms with Crippen molar-refractivity contribution in [3.63, 3.8) is 0 Å². The van der Waals surface area contributed by atoms with Crippen molar-refractivity contribution in [2.45, 2.75) is 43.9 Å². The van der Waals surface area contributed by atoms with Gasteiger partial charge in [-0.05, 0) is 38.5 Å². The molecule has 0 amide bonds. The molecule has 1 aliphatic rings. The molecule has 0 radical (unpaired) electrons. The molecule has 0 spiro atoms. The molecule has 1 unspecified atom stereocenters. The maximum absolute atomic E-state index is 3.69. The lowest BCUT2D eigenvalue weighted by atomic mass is 9.84. The molecule has 1 nitrogen and oxygen atoms in total. The highest BCUT2D eigenvalue weighted by Gasteiger charge is 2.35. The van der Waals surface area contributed by atoms with Crippen molar-refractivity contribution in [1.29, 1.82) is 0 Å². The second kappa shape index (κ2) is 5.45. The number of hydrogen-bond donors (Lipinski definition) is 1. The van der Waals surface area contributed by atoms with E-state index in [4.69, 9.17) is 0 Å². The topological polar surface area (TPSA) is 12.0 Å². The van der Waals surface area contributed by atoms with E-state index < -0.39 is 0 Å². The molecule has 0 aromatic heterocycles. The summed E-state index contributed by atoms with van der Waals surface area (Å²) in [5, 5.41) is 3.69. The second-order valence-electron chi connectivity index (χ2n) is 5.25. The maximum Gasteiger partial charge on any atom is 0.0292 e. The third-order valence-electron chi connectivity index (χ3n) is 4.01. The van der Waals surface area contributed by atoms with Gasteiger partial charge in [0.05, 0.1) is 0 Å². The van der Waals surface area contributed by atoms with E-state index in [1.54, 1.807) is 0 Å². The van der Waals surface area contributed by atoms with Crippen molar-refractivity contribution in [1.82, 2.24) is 5.32 Å². The van der Waals surface area contributed by atoms with E-state index in [2.05, 4.69) is 49.7 Å². The van der Waals surface area contributed by atoms with Crippen LogP contribution in [0.3, 0.4) is 0 Å². The number of nitrogens with one attached hydrogen (secondary N) is 1. The smallest absolute Gasteiger partial charge is 0.0292 e. The molecule has 1 aliphatic carbocycles. The quantitative estimate of drug-likeness (QED) is 0.848. The zero-order valence-corrected chi connectivity index (χ0v) is 11.9. The summed E-state index contributed by atoms with van der Waals surface area (Å²) in [6.45, 7) is 5.54. The third kappa shape index (κ3) is 3.05. The summed E-state index contributed by atoms with van der Waals surface area (Å²) in [7, 11) is 0. The van der Waals surface area contributed by atoms with Gasteiger partial charge in [0.1, 0.15) is 0 Å². The zero-order chi connectivity index (χ0) is 12.3. The molecule has 0 bridgehead atoms. The SMILES string of the molecule is CSC1(CNC(C)c2ccc(C)cc2)CCC1. The van der Waals surface area contributed by atoms with Gasteiger partial charge in [-0.1, -0.05) is 36.2 Å². The molecule has 94 valence electrons. The summed E-state index contributed by atoms with van der Waals surface area (Å²) >= 11 is 2.04. The standard InChI is InChI=1S/C15H23NS/c1-12-5-7-14(8-6-12)13(2)16-11-15(17-3)9-4-10-15/h5-8,13,16H,4,9-11H2,1-3H3. The number of benzene rings is 1. The summed E-state index contributed by atoms with van der Waals surface area (Å²) in [6, 6.07) is 9.32. The van der Waals surface area contributed by atoms with E-state index >= 15 is 0 Å². The van der Waals surface area contributed by atoms with Crippen LogP contribution in [0.1, 0.15) is 43.4 Å². The number of rotatable bonds is 5. The highest BCUT2D eigenvalue weighted by Crippen LogP contribution is 2.42. The summed E-state index contributed by atoms with van der Waals surface area (Å²) in [4.78, 5) is 0. The Morgan fingerprint density at radius 3 is 2.41 bits per heavy atom. The van der Waals surface area contributed by atoms with Crippen LogP contribution in [0, 0.1) is 6.92 Å². The predicted octanol–water partition coefficient (Wildman–Crippen LogP) is 3.93. The van der Waals surface area contributed by atoms with Crippen LogP contribution in [0.4, 0.5) is 0 Å². The minimum atomic E-state index is 0.459. The fourth-order valence-electron chi connectivity index (χ4n) is 2.34. The number of hydrogen-bond acceptors (Lipinski definition) is 2. The van der Waals surface area contributed by atoms with Gasteiger partial charge in [0.25, 0.3) is 0 Å². The van der Waals surface area contributed by atoms with Crippen LogP contribution >= 0.6 is 11.8 Å². The van der Waals surface area contributed by atoms with Gasteiger partial charge >= 0.3 is 0 Å². The maximum atomic E-state index is 3.69. The molecule has 2 rings (SSSR count). The molecular formula is C15H23NS. The molecule has 1 aromatic rings. The van der Waals surface area contributed by atoms with Crippen LogP contribution in [0.5, 0.6) is 0 Å². The second-order valence-corrected chi connectivity index (χ2v) is 6.53. The van der Waals surface area contributed by atoms with Crippen LogP contribution in [0.15, 0.2) is 24.3 Å². The molecule has 1 atom stereocenters. The molecule has 0 heterocycles. The van der Waals surface area contributed by atoms with E-state index in [0.29, 0.717) is 10.8 Å². The molecule has 1 saturated carbocycles. The van der Waals surface area contributed by atoms with Gasteiger partial charge in [0.15, 0.2) is 0 Å². The molecule has 1 N–H and O–H groups in total. The average molecular weight is 249 g/mol. The van der Waals surface area contributed by atoms with Gasteiger partial charge in [0, 0.05) is 17.3 Å². The molecular weight excluding hydrogens is 226 g/mol. The van der Waals surface area contributed by atoms with Gasteiger partial charge < -0.3 is 5.32 Å². The zero-order valence-electron chi connectivity index (χ0n) is 11.1. The summed E-state index contributed by atoms with van der Waals surface area (Å²) in [6.07, 6.45) is 6.41. The highest BCUT2D eigenvalue weighted by molar-refractivity contribution is 8.00. The van der Waals surface area contributed by atoms with Crippen LogP contribution < -0.4 is 5.32 Å². The average Bonchev–Trinajstić information content (AvgIpc) is 2.29. The third-order valence-corrected chi connectivity index (χ3v) is 5.42. The van der Waals surface area contributed by atoms with Crippen LogP contribution in [0.2, 0.25) is 0 Å². The largest absolute Gasteiger partial charge is 0.309 e. The van der Waals surface area contributed by atoms with Crippen molar-refractivity contribution >= 4 is 11.8 Å². The predicted molar refractivity (Wildman–Crippen MR) is 77.7 cm³/mol. The lowest BCUT2D eigenvalue weighted by Crippen LogP contribution is -2.43. The van der Waals surface area contributed by atoms with Crippen molar-refractivity contribution < 1.29 is 0 Å². The highest BCUT2D eigenvalue weighted by atomic mass is 32.2. The fraction of sp³-hybridized carbons (Fsp3) is 0.600. The Hall–Kier alpha value is -0.470. The summed E-state index contributed by atoms with van der Waals surface area (Å²) in [5.41, 5.74) is 2.73. The minimum absolute atomic E-state index is 0.459. The Morgan fingerprint density at radius 1 is 1.29 bits per heavy atom. The van der Waals surface area contributed by atoms with E-state index in [9.17, 15) is 0 Å². The summed E-state index contributed by atoms with van der Waals surface area (Å²) in [5.74, 6) is 0. The van der Waals surface area contributed by atoms with Gasteiger partial charge in [-0.3, -0.25) is 0 Å². The first-order valence-corrected chi connectivity index (χ1v) is 7.73. The van der Waals surface area contributed by atoms with Crippen LogP contribution in [-0.2, 0) is 0 Å². The molecule has 1 fully saturated rings. The van der Waals surface area contributed by atoms with Gasteiger partial charge in [-0.25, -0.2) is 0 Å². The van der Waals surface area contributed by atoms with Gasteiger partial charge in [-0.2, -0.15) is 11.8 Å². The normalized spacial score (nSPS) is 19.7. The summed E-state index contributed by atoms with van der Waals surface area (Å²) < 4.78 is 0.527. The molecule has 2 heteroatoms. The molecule has 0 saturated heterocycles. The Kier molecular flexibility index (Phi) is 4.16. The molecule has 0 aliphatic heterocycles. The minimum Gasteiger partial charge on any atom is -0.309 e. The van der Waals surface area contributed by atoms with Gasteiger partial charge in [-0.15, -0.1) is 0 Å². The first kappa shape index (κ1) is 13.0. The molecule has 1 aromatic carbocycles. The van der Waals surface area contributed by atoms with Crippen molar-refractivity contribution in [3.05, 3.63) is 35.4 Å². The van der Waals surface area contributed by atoms with E-state index in [1.165, 1.54) is 30.4 Å². The monoisotopic (exact) mass is 249 g/mol. The number of aryl methyl sites for hydroxylation is 1. The Morgan fingerprint density at radius 2 is 1.94 bits per heavy atom. The van der Waals surface area contributed by atoms with Crippen molar-refractivity contribution in [2.24, 2.45) is 0 Å². The fourth-order valence-corrected chi connectivity index (χ4v) is 3.26. The first-order chi connectivity index (χ1) is 8.15. The lowest BCUT2D eigenvalue weighted by molar-refractivity contribution is 0.334. The van der Waals surface area contributed by atoms with E-state index in [0.717, 1.165) is 6.54 Å². The lowest BCUT2D eigenvalue weighted by Gasteiger charge is -2.41. The molecule has 17 heavy (non-hydrogen) atoms. The Balaban J connectivity index is 1.88. The van der Waals surface area contributed by atoms with Crippen LogP contribution in [-0.4, -0.2) is 17.5 Å². The number of thioether (sulfide) groups is 1. The van der Waals surface area contributed by atoms with E-state index in [-0.39, 0.29) is 0 Å².